The number of aromatic nitrogens is 1. The summed E-state index contributed by atoms with van der Waals surface area (Å²) in [6.07, 6.45) is 2.68. The lowest BCUT2D eigenvalue weighted by Crippen LogP contribution is -2.06. The highest BCUT2D eigenvalue weighted by atomic mass is 35.5. The molecule has 0 bridgehead atoms. The fourth-order valence-corrected chi connectivity index (χ4v) is 1.99. The third kappa shape index (κ3) is 4.14. The third-order valence-electron chi connectivity index (χ3n) is 2.78. The summed E-state index contributed by atoms with van der Waals surface area (Å²) in [5, 5.41) is 0.439. The number of halogens is 2. The molecule has 98 valence electrons. The van der Waals surface area contributed by atoms with E-state index in [1.807, 2.05) is 18.2 Å². The Bertz CT molecular complexity index is 572. The van der Waals surface area contributed by atoms with Crippen molar-refractivity contribution in [2.45, 2.75) is 19.3 Å². The number of Topliss-reactive ketones (excluding diaryl/α,β-unsaturated/α-hetero) is 1. The highest BCUT2D eigenvalue weighted by Gasteiger charge is 2.09. The van der Waals surface area contributed by atoms with Crippen molar-refractivity contribution in [3.05, 3.63) is 64.7 Å². The number of carbonyl (C=O) groups is 1. The van der Waals surface area contributed by atoms with Gasteiger partial charge in [0.25, 0.3) is 0 Å². The Balaban J connectivity index is 1.93. The fourth-order valence-electron chi connectivity index (χ4n) is 1.79. The van der Waals surface area contributed by atoms with E-state index in [-0.39, 0.29) is 12.2 Å². The molecule has 0 atom stereocenters. The molecule has 0 aliphatic heterocycles. The van der Waals surface area contributed by atoms with E-state index in [1.165, 1.54) is 18.2 Å². The van der Waals surface area contributed by atoms with Crippen LogP contribution in [0.4, 0.5) is 4.39 Å². The molecule has 1 aromatic carbocycles. The summed E-state index contributed by atoms with van der Waals surface area (Å²) in [6, 6.07) is 9.82. The molecule has 0 fully saturated rings. The maximum atomic E-state index is 13.5. The van der Waals surface area contributed by atoms with Crippen molar-refractivity contribution in [3.8, 4) is 0 Å². The molecule has 2 nitrogen and oxygen atoms in total. The lowest BCUT2D eigenvalue weighted by atomic mass is 10.0. The Kier molecular flexibility index (Phi) is 4.63. The number of carbonyl (C=O) groups excluding carboxylic acids is 1. The van der Waals surface area contributed by atoms with Crippen molar-refractivity contribution >= 4 is 17.4 Å². The van der Waals surface area contributed by atoms with Crippen LogP contribution in [0.5, 0.6) is 0 Å². The van der Waals surface area contributed by atoms with E-state index in [4.69, 9.17) is 11.6 Å². The van der Waals surface area contributed by atoms with Gasteiger partial charge in [0.1, 0.15) is 11.6 Å². The van der Waals surface area contributed by atoms with Gasteiger partial charge in [-0.25, -0.2) is 4.39 Å². The molecule has 2 rings (SSSR count). The summed E-state index contributed by atoms with van der Waals surface area (Å²) >= 11 is 5.79. The molecular weight excluding hydrogens is 265 g/mol. The molecule has 1 heterocycles. The molecule has 0 N–H and O–H groups in total. The van der Waals surface area contributed by atoms with Gasteiger partial charge in [-0.1, -0.05) is 17.7 Å². The van der Waals surface area contributed by atoms with Gasteiger partial charge >= 0.3 is 0 Å². The van der Waals surface area contributed by atoms with Gasteiger partial charge in [-0.3, -0.25) is 9.78 Å². The Morgan fingerprint density at radius 2 is 2.11 bits per heavy atom. The zero-order chi connectivity index (χ0) is 13.7. The SMILES string of the molecule is O=C(CCc1ccccn1)Cc1cc(Cl)ccc1F. The molecule has 2 aromatic rings. The highest BCUT2D eigenvalue weighted by Crippen LogP contribution is 2.16. The minimum absolute atomic E-state index is 0.0215. The van der Waals surface area contributed by atoms with Crippen LogP contribution >= 0.6 is 11.6 Å². The minimum atomic E-state index is -0.393. The van der Waals surface area contributed by atoms with Crippen molar-refractivity contribution in [1.82, 2.24) is 4.98 Å². The smallest absolute Gasteiger partial charge is 0.137 e. The van der Waals surface area contributed by atoms with Crippen LogP contribution in [0.1, 0.15) is 17.7 Å². The predicted octanol–water partition coefficient (Wildman–Crippen LogP) is 3.62. The Labute approximate surface area is 116 Å². The van der Waals surface area contributed by atoms with Crippen LogP contribution in [0.15, 0.2) is 42.6 Å². The van der Waals surface area contributed by atoms with Crippen LogP contribution in [-0.2, 0) is 17.6 Å². The number of pyridine rings is 1. The maximum Gasteiger partial charge on any atom is 0.137 e. The van der Waals surface area contributed by atoms with E-state index in [9.17, 15) is 9.18 Å². The lowest BCUT2D eigenvalue weighted by molar-refractivity contribution is -0.118. The van der Waals surface area contributed by atoms with Crippen LogP contribution in [0.2, 0.25) is 5.02 Å². The van der Waals surface area contributed by atoms with E-state index in [1.54, 1.807) is 6.20 Å². The van der Waals surface area contributed by atoms with Crippen LogP contribution in [-0.4, -0.2) is 10.8 Å². The molecule has 0 unspecified atom stereocenters. The Morgan fingerprint density at radius 3 is 2.84 bits per heavy atom. The van der Waals surface area contributed by atoms with Crippen molar-refractivity contribution in [2.75, 3.05) is 0 Å². The zero-order valence-electron chi connectivity index (χ0n) is 10.3. The topological polar surface area (TPSA) is 30.0 Å². The molecular formula is C15H13ClFNO. The molecule has 19 heavy (non-hydrogen) atoms. The monoisotopic (exact) mass is 277 g/mol. The average Bonchev–Trinajstić information content (AvgIpc) is 2.42. The first kappa shape index (κ1) is 13.7. The Morgan fingerprint density at radius 1 is 1.26 bits per heavy atom. The molecule has 1 aromatic heterocycles. The Hall–Kier alpha value is -1.74. The number of rotatable bonds is 5. The summed E-state index contributed by atoms with van der Waals surface area (Å²) in [7, 11) is 0. The maximum absolute atomic E-state index is 13.5. The quantitative estimate of drug-likeness (QED) is 0.835. The minimum Gasteiger partial charge on any atom is -0.299 e. The van der Waals surface area contributed by atoms with Gasteiger partial charge in [0.15, 0.2) is 0 Å². The molecule has 0 saturated carbocycles. The second-order valence-corrected chi connectivity index (χ2v) is 4.71. The van der Waals surface area contributed by atoms with Crippen LogP contribution in [0, 0.1) is 5.82 Å². The van der Waals surface area contributed by atoms with Gasteiger partial charge < -0.3 is 0 Å². The van der Waals surface area contributed by atoms with Gasteiger partial charge in [0.05, 0.1) is 0 Å². The van der Waals surface area contributed by atoms with E-state index >= 15 is 0 Å². The van der Waals surface area contributed by atoms with Gasteiger partial charge in [-0.2, -0.15) is 0 Å². The first-order valence-electron chi connectivity index (χ1n) is 6.00. The number of ketones is 1. The summed E-state index contributed by atoms with van der Waals surface area (Å²) in [5.74, 6) is -0.414. The van der Waals surface area contributed by atoms with Crippen LogP contribution in [0.25, 0.3) is 0 Å². The molecule has 0 spiro atoms. The van der Waals surface area contributed by atoms with Gasteiger partial charge in [0.2, 0.25) is 0 Å². The standard InChI is InChI=1S/C15H13ClFNO/c16-12-4-7-15(17)11(9-12)10-14(19)6-5-13-3-1-2-8-18-13/h1-4,7-9H,5-6,10H2. The summed E-state index contributed by atoms with van der Waals surface area (Å²) < 4.78 is 13.5. The van der Waals surface area contributed by atoms with Gasteiger partial charge in [-0.05, 0) is 42.3 Å². The van der Waals surface area contributed by atoms with E-state index in [0.717, 1.165) is 5.69 Å². The van der Waals surface area contributed by atoms with Crippen molar-refractivity contribution in [3.63, 3.8) is 0 Å². The van der Waals surface area contributed by atoms with Gasteiger partial charge in [-0.15, -0.1) is 0 Å². The first-order chi connectivity index (χ1) is 9.15. The lowest BCUT2D eigenvalue weighted by Gasteiger charge is -2.03. The summed E-state index contributed by atoms with van der Waals surface area (Å²) in [5.41, 5.74) is 1.21. The van der Waals surface area contributed by atoms with Crippen molar-refractivity contribution in [1.29, 1.82) is 0 Å². The molecule has 0 amide bonds. The number of nitrogens with zero attached hydrogens (tertiary/aromatic N) is 1. The zero-order valence-corrected chi connectivity index (χ0v) is 11.0. The molecule has 0 aliphatic rings. The largest absolute Gasteiger partial charge is 0.299 e. The molecule has 0 aliphatic carbocycles. The van der Waals surface area contributed by atoms with Crippen molar-refractivity contribution in [2.24, 2.45) is 0 Å². The number of hydrogen-bond donors (Lipinski definition) is 0. The van der Waals surface area contributed by atoms with Gasteiger partial charge in [0, 0.05) is 29.8 Å². The fraction of sp³-hybridized carbons (Fsp3) is 0.200. The summed E-state index contributed by atoms with van der Waals surface area (Å²) in [4.78, 5) is 16.0. The number of benzene rings is 1. The molecule has 4 heteroatoms. The molecule has 0 radical (unpaired) electrons. The number of aryl methyl sites for hydroxylation is 1. The second kappa shape index (κ2) is 6.43. The van der Waals surface area contributed by atoms with E-state index in [2.05, 4.69) is 4.98 Å². The normalized spacial score (nSPS) is 10.4. The van der Waals surface area contributed by atoms with Crippen molar-refractivity contribution < 1.29 is 9.18 Å². The highest BCUT2D eigenvalue weighted by molar-refractivity contribution is 6.30. The summed E-state index contributed by atoms with van der Waals surface area (Å²) in [6.45, 7) is 0. The molecule has 0 saturated heterocycles. The van der Waals surface area contributed by atoms with Crippen LogP contribution < -0.4 is 0 Å². The predicted molar refractivity (Wildman–Crippen MR) is 72.7 cm³/mol. The van der Waals surface area contributed by atoms with E-state index in [0.29, 0.717) is 23.4 Å². The third-order valence-corrected chi connectivity index (χ3v) is 3.02. The first-order valence-corrected chi connectivity index (χ1v) is 6.38. The van der Waals surface area contributed by atoms with Crippen LogP contribution in [0.3, 0.4) is 0 Å². The second-order valence-electron chi connectivity index (χ2n) is 4.27. The number of hydrogen-bond acceptors (Lipinski definition) is 2. The average molecular weight is 278 g/mol. The van der Waals surface area contributed by atoms with E-state index < -0.39 is 5.82 Å².